The van der Waals surface area contributed by atoms with Crippen LogP contribution in [0.2, 0.25) is 5.02 Å². The van der Waals surface area contributed by atoms with Crippen molar-refractivity contribution < 1.29 is 14.7 Å². The minimum Gasteiger partial charge on any atom is -0.494 e. The van der Waals surface area contributed by atoms with Crippen LogP contribution in [0.3, 0.4) is 0 Å². The van der Waals surface area contributed by atoms with Crippen molar-refractivity contribution in [3.8, 4) is 17.1 Å². The van der Waals surface area contributed by atoms with Gasteiger partial charge in [0.2, 0.25) is 0 Å². The molecule has 0 bridgehead atoms. The van der Waals surface area contributed by atoms with Gasteiger partial charge in [0, 0.05) is 29.2 Å². The number of amides is 2. The molecule has 7 heteroatoms. The number of halogens is 1. The van der Waals surface area contributed by atoms with Gasteiger partial charge < -0.3 is 15.0 Å². The smallest absolute Gasteiger partial charge is 0.280 e. The van der Waals surface area contributed by atoms with Crippen LogP contribution in [0, 0.1) is 0 Å². The van der Waals surface area contributed by atoms with E-state index >= 15 is 0 Å². The Hall–Kier alpha value is -3.38. The maximum atomic E-state index is 13.3. The minimum atomic E-state index is -0.434. The number of hydrogen-bond donors (Lipinski definition) is 2. The van der Waals surface area contributed by atoms with Crippen molar-refractivity contribution in [3.05, 3.63) is 75.8 Å². The third-order valence-corrected chi connectivity index (χ3v) is 6.26. The van der Waals surface area contributed by atoms with E-state index in [0.29, 0.717) is 44.2 Å². The van der Waals surface area contributed by atoms with Gasteiger partial charge in [0.05, 0.1) is 22.5 Å². The number of hydrogen-bond acceptors (Lipinski definition) is 3. The highest BCUT2D eigenvalue weighted by Crippen LogP contribution is 2.38. The van der Waals surface area contributed by atoms with Crippen molar-refractivity contribution in [1.82, 2.24) is 9.88 Å². The fourth-order valence-electron chi connectivity index (χ4n) is 4.18. The van der Waals surface area contributed by atoms with Crippen LogP contribution in [0.1, 0.15) is 71.4 Å². The minimum absolute atomic E-state index is 0.0272. The number of aromatic amines is 1. The van der Waals surface area contributed by atoms with Crippen LogP contribution in [-0.2, 0) is 0 Å². The van der Waals surface area contributed by atoms with Crippen LogP contribution in [0.15, 0.2) is 53.5 Å². The summed E-state index contributed by atoms with van der Waals surface area (Å²) in [5.74, 6) is -0.592. The van der Waals surface area contributed by atoms with Crippen molar-refractivity contribution in [2.75, 3.05) is 13.1 Å². The molecule has 2 N–H and O–H groups in total. The zero-order valence-corrected chi connectivity index (χ0v) is 20.2. The quantitative estimate of drug-likeness (QED) is 0.392. The molecular weight excluding hydrogens is 450 g/mol. The van der Waals surface area contributed by atoms with Gasteiger partial charge in [-0.2, -0.15) is 0 Å². The Labute approximate surface area is 204 Å². The molecule has 0 radical (unpaired) electrons. The highest BCUT2D eigenvalue weighted by molar-refractivity contribution is 6.32. The first-order valence-electron chi connectivity index (χ1n) is 11.7. The predicted octanol–water partition coefficient (Wildman–Crippen LogP) is 6.07. The van der Waals surface area contributed by atoms with Gasteiger partial charge in [-0.05, 0) is 42.7 Å². The van der Waals surface area contributed by atoms with Crippen LogP contribution in [-0.4, -0.2) is 45.6 Å². The molecule has 3 aromatic rings. The number of nitrogens with one attached hydrogen (secondary N) is 1. The van der Waals surface area contributed by atoms with Gasteiger partial charge in [-0.15, -0.1) is 0 Å². The van der Waals surface area contributed by atoms with Crippen LogP contribution < -0.4 is 0 Å². The van der Waals surface area contributed by atoms with E-state index in [1.165, 1.54) is 0 Å². The Morgan fingerprint density at radius 3 is 2.32 bits per heavy atom. The second-order valence-electron chi connectivity index (χ2n) is 8.45. The number of aliphatic imine (C=N–C) groups is 1. The number of carbonyl (C=O) groups excluding carboxylic acids is 2. The summed E-state index contributed by atoms with van der Waals surface area (Å²) in [6, 6.07) is 14.1. The van der Waals surface area contributed by atoms with Gasteiger partial charge in [0.15, 0.2) is 5.88 Å². The SMILES string of the molecule is CCCCN(CCCC)C(=O)c1cccc(-c2[nH]c(O)c3c2C(=O)N=C3c2ccc(Cl)cc2)c1. The van der Waals surface area contributed by atoms with Gasteiger partial charge in [0.25, 0.3) is 11.8 Å². The van der Waals surface area contributed by atoms with E-state index in [-0.39, 0.29) is 11.8 Å². The highest BCUT2D eigenvalue weighted by atomic mass is 35.5. The standard InChI is InChI=1S/C27H28ClN3O3/c1-3-5-14-31(15-6-4-2)27(34)19-9-7-8-18(16-19)24-22-21(25(32)30-24)23(29-26(22)33)17-10-12-20(28)13-11-17/h7-13,16,30,32H,3-6,14-15H2,1-2H3. The molecule has 0 fully saturated rings. The lowest BCUT2D eigenvalue weighted by molar-refractivity contribution is 0.0751. The number of carbonyl (C=O) groups is 2. The summed E-state index contributed by atoms with van der Waals surface area (Å²) < 4.78 is 0. The number of H-pyrrole nitrogens is 1. The van der Waals surface area contributed by atoms with Crippen molar-refractivity contribution in [2.24, 2.45) is 4.99 Å². The third-order valence-electron chi connectivity index (χ3n) is 6.01. The lowest BCUT2D eigenvalue weighted by Crippen LogP contribution is -2.32. The predicted molar refractivity (Wildman–Crippen MR) is 135 cm³/mol. The number of unbranched alkanes of at least 4 members (excludes halogenated alkanes) is 2. The van der Waals surface area contributed by atoms with Crippen molar-refractivity contribution >= 4 is 29.1 Å². The number of fused-ring (bicyclic) bond motifs is 1. The topological polar surface area (TPSA) is 85.8 Å². The van der Waals surface area contributed by atoms with Gasteiger partial charge in [-0.1, -0.05) is 62.6 Å². The molecule has 6 nitrogen and oxygen atoms in total. The first-order valence-corrected chi connectivity index (χ1v) is 12.1. The number of nitrogens with zero attached hydrogens (tertiary/aromatic N) is 2. The summed E-state index contributed by atoms with van der Waals surface area (Å²) in [5.41, 5.74) is 3.41. The molecule has 2 amide bonds. The largest absolute Gasteiger partial charge is 0.494 e. The lowest BCUT2D eigenvalue weighted by atomic mass is 9.99. The highest BCUT2D eigenvalue weighted by Gasteiger charge is 2.33. The average Bonchev–Trinajstić information content (AvgIpc) is 3.37. The lowest BCUT2D eigenvalue weighted by Gasteiger charge is -2.22. The molecule has 0 atom stereocenters. The maximum Gasteiger partial charge on any atom is 0.280 e. The van der Waals surface area contributed by atoms with Gasteiger partial charge >= 0.3 is 0 Å². The number of rotatable bonds is 9. The Balaban J connectivity index is 1.69. The summed E-state index contributed by atoms with van der Waals surface area (Å²) >= 11 is 5.99. The van der Waals surface area contributed by atoms with Gasteiger partial charge in [-0.25, -0.2) is 4.99 Å². The zero-order chi connectivity index (χ0) is 24.2. The molecule has 2 aromatic carbocycles. The molecule has 0 saturated carbocycles. The normalized spacial score (nSPS) is 12.6. The molecule has 2 heterocycles. The van der Waals surface area contributed by atoms with Crippen LogP contribution in [0.4, 0.5) is 0 Å². The Morgan fingerprint density at radius 1 is 1.00 bits per heavy atom. The zero-order valence-electron chi connectivity index (χ0n) is 19.4. The molecule has 0 aliphatic carbocycles. The van der Waals surface area contributed by atoms with Crippen molar-refractivity contribution in [1.29, 1.82) is 0 Å². The summed E-state index contributed by atoms with van der Waals surface area (Å²) in [5, 5.41) is 11.3. The molecule has 4 rings (SSSR count). The molecule has 1 aromatic heterocycles. The summed E-state index contributed by atoms with van der Waals surface area (Å²) in [7, 11) is 0. The van der Waals surface area contributed by atoms with E-state index in [2.05, 4.69) is 23.8 Å². The molecule has 0 unspecified atom stereocenters. The summed E-state index contributed by atoms with van der Waals surface area (Å²) in [6.45, 7) is 5.65. The van der Waals surface area contributed by atoms with Crippen LogP contribution in [0.5, 0.6) is 5.88 Å². The van der Waals surface area contributed by atoms with E-state index in [1.807, 2.05) is 11.0 Å². The van der Waals surface area contributed by atoms with E-state index in [4.69, 9.17) is 11.6 Å². The van der Waals surface area contributed by atoms with Gasteiger partial charge in [-0.3, -0.25) is 9.59 Å². The Morgan fingerprint density at radius 2 is 1.68 bits per heavy atom. The molecule has 0 saturated heterocycles. The molecule has 1 aliphatic heterocycles. The average molecular weight is 478 g/mol. The summed E-state index contributed by atoms with van der Waals surface area (Å²) in [4.78, 5) is 35.2. The van der Waals surface area contributed by atoms with Gasteiger partial charge in [0.1, 0.15) is 0 Å². The van der Waals surface area contributed by atoms with E-state index in [1.54, 1.807) is 42.5 Å². The second kappa shape index (κ2) is 10.3. The third kappa shape index (κ3) is 4.64. The first kappa shape index (κ1) is 23.8. The Kier molecular flexibility index (Phi) is 7.17. The first-order chi connectivity index (χ1) is 16.4. The van der Waals surface area contributed by atoms with Crippen molar-refractivity contribution in [3.63, 3.8) is 0 Å². The van der Waals surface area contributed by atoms with Crippen LogP contribution in [0.25, 0.3) is 11.3 Å². The maximum absolute atomic E-state index is 13.3. The monoisotopic (exact) mass is 477 g/mol. The number of benzene rings is 2. The molecule has 176 valence electrons. The Bertz CT molecular complexity index is 1240. The number of aromatic hydroxyl groups is 1. The fourth-order valence-corrected chi connectivity index (χ4v) is 4.31. The van der Waals surface area contributed by atoms with E-state index in [9.17, 15) is 14.7 Å². The van der Waals surface area contributed by atoms with E-state index in [0.717, 1.165) is 38.8 Å². The fraction of sp³-hybridized carbons (Fsp3) is 0.296. The molecule has 1 aliphatic rings. The number of aromatic nitrogens is 1. The summed E-state index contributed by atoms with van der Waals surface area (Å²) in [6.07, 6.45) is 3.93. The van der Waals surface area contributed by atoms with Crippen molar-refractivity contribution in [2.45, 2.75) is 39.5 Å². The molecule has 0 spiro atoms. The van der Waals surface area contributed by atoms with E-state index < -0.39 is 5.91 Å². The van der Waals surface area contributed by atoms with Crippen LogP contribution >= 0.6 is 11.6 Å². The molecule has 34 heavy (non-hydrogen) atoms. The second-order valence-corrected chi connectivity index (χ2v) is 8.89. The molecular formula is C27H28ClN3O3.